The average Bonchev–Trinajstić information content (AvgIpc) is 2.84. The summed E-state index contributed by atoms with van der Waals surface area (Å²) in [6, 6.07) is 0. The van der Waals surface area contributed by atoms with E-state index in [9.17, 15) is 9.90 Å². The minimum atomic E-state index is -1.23. The Balaban J connectivity index is 1.90. The van der Waals surface area contributed by atoms with Crippen molar-refractivity contribution in [1.82, 2.24) is 19.3 Å². The van der Waals surface area contributed by atoms with Gasteiger partial charge in [-0.05, 0) is 49.5 Å². The van der Waals surface area contributed by atoms with Crippen LogP contribution in [0.3, 0.4) is 0 Å². The van der Waals surface area contributed by atoms with Gasteiger partial charge >= 0.3 is 6.09 Å². The van der Waals surface area contributed by atoms with Crippen LogP contribution in [0.2, 0.25) is 0 Å². The number of carbonyl (C=O) groups is 1. The Morgan fingerprint density at radius 2 is 2.21 bits per heavy atom. The van der Waals surface area contributed by atoms with Crippen molar-refractivity contribution in [2.24, 2.45) is 0 Å². The van der Waals surface area contributed by atoms with Crippen molar-refractivity contribution in [1.29, 1.82) is 0 Å². The normalized spacial score (nSPS) is 22.0. The largest absolute Gasteiger partial charge is 0.444 e. The lowest BCUT2D eigenvalue weighted by atomic mass is 9.89. The number of aromatic nitrogens is 3. The van der Waals surface area contributed by atoms with E-state index in [0.29, 0.717) is 29.8 Å². The average molecular weight is 397 g/mol. The standard InChI is InChI=1S/C16H21BrN4O3/c1-15(2,3)24-14(22)20-7-4-5-16(23,10-20)12-11-9-18-6-8-21(11)13(17)19-12/h6,8-9,23H,4-5,7,10H2,1-3H3. The highest BCUT2D eigenvalue weighted by atomic mass is 79.9. The van der Waals surface area contributed by atoms with Crippen molar-refractivity contribution in [3.63, 3.8) is 0 Å². The summed E-state index contributed by atoms with van der Waals surface area (Å²) in [7, 11) is 0. The molecule has 0 bridgehead atoms. The number of halogens is 1. The van der Waals surface area contributed by atoms with E-state index in [-0.39, 0.29) is 6.54 Å². The molecule has 0 radical (unpaired) electrons. The first-order chi connectivity index (χ1) is 11.2. The van der Waals surface area contributed by atoms with Gasteiger partial charge in [-0.15, -0.1) is 0 Å². The molecule has 0 aliphatic carbocycles. The first-order valence-corrected chi connectivity index (χ1v) is 8.67. The second-order valence-electron chi connectivity index (χ2n) is 7.10. The number of likely N-dealkylation sites (tertiary alicyclic amines) is 1. The van der Waals surface area contributed by atoms with Crippen LogP contribution in [-0.4, -0.2) is 49.2 Å². The molecule has 24 heavy (non-hydrogen) atoms. The topological polar surface area (TPSA) is 80.0 Å². The maximum absolute atomic E-state index is 12.3. The third-order valence-electron chi connectivity index (χ3n) is 3.97. The molecule has 1 unspecified atom stereocenters. The maximum atomic E-state index is 12.3. The van der Waals surface area contributed by atoms with Gasteiger partial charge in [-0.1, -0.05) is 0 Å². The van der Waals surface area contributed by atoms with E-state index in [1.807, 2.05) is 25.2 Å². The van der Waals surface area contributed by atoms with Crippen molar-refractivity contribution in [3.8, 4) is 0 Å². The highest BCUT2D eigenvalue weighted by Gasteiger charge is 2.41. The molecule has 1 amide bonds. The number of rotatable bonds is 1. The Bertz CT molecular complexity index is 770. The molecule has 1 atom stereocenters. The van der Waals surface area contributed by atoms with Crippen LogP contribution in [-0.2, 0) is 10.3 Å². The SMILES string of the molecule is CC(C)(C)OC(=O)N1CCCC(O)(c2nc(Br)n3ccncc23)C1. The lowest BCUT2D eigenvalue weighted by Crippen LogP contribution is -2.50. The molecule has 8 heteroatoms. The quantitative estimate of drug-likeness (QED) is 0.801. The van der Waals surface area contributed by atoms with Crippen LogP contribution in [0.25, 0.3) is 5.52 Å². The molecule has 0 saturated carbocycles. The summed E-state index contributed by atoms with van der Waals surface area (Å²) in [6.45, 7) is 6.19. The maximum Gasteiger partial charge on any atom is 0.410 e. The predicted molar refractivity (Wildman–Crippen MR) is 91.6 cm³/mol. The number of amides is 1. The van der Waals surface area contributed by atoms with Crippen molar-refractivity contribution in [2.45, 2.75) is 44.8 Å². The van der Waals surface area contributed by atoms with Gasteiger partial charge in [-0.25, -0.2) is 9.78 Å². The van der Waals surface area contributed by atoms with E-state index in [2.05, 4.69) is 25.9 Å². The number of piperidine rings is 1. The lowest BCUT2D eigenvalue weighted by molar-refractivity contribution is -0.0479. The molecule has 0 aromatic carbocycles. The zero-order chi connectivity index (χ0) is 17.5. The molecule has 130 valence electrons. The van der Waals surface area contributed by atoms with E-state index in [1.165, 1.54) is 0 Å². The van der Waals surface area contributed by atoms with Crippen LogP contribution in [0, 0.1) is 0 Å². The molecule has 1 N–H and O–H groups in total. The van der Waals surface area contributed by atoms with Gasteiger partial charge in [0.2, 0.25) is 0 Å². The second kappa shape index (κ2) is 6.00. The van der Waals surface area contributed by atoms with Crippen molar-refractivity contribution in [3.05, 3.63) is 29.0 Å². The first-order valence-electron chi connectivity index (χ1n) is 7.88. The number of aliphatic hydroxyl groups is 1. The Kier molecular flexibility index (Phi) is 4.29. The number of hydrogen-bond acceptors (Lipinski definition) is 5. The molecule has 1 fully saturated rings. The number of β-amino-alcohol motifs (C(OH)–C–C–N with tert-alkyl or cyclic N) is 1. The number of fused-ring (bicyclic) bond motifs is 1. The van der Waals surface area contributed by atoms with Gasteiger partial charge in [0.05, 0.1) is 18.3 Å². The molecule has 3 heterocycles. The smallest absolute Gasteiger partial charge is 0.410 e. The first kappa shape index (κ1) is 17.2. The molecular formula is C16H21BrN4O3. The zero-order valence-electron chi connectivity index (χ0n) is 14.0. The van der Waals surface area contributed by atoms with E-state index in [1.54, 1.807) is 23.5 Å². The number of nitrogens with zero attached hydrogens (tertiary/aromatic N) is 4. The summed E-state index contributed by atoms with van der Waals surface area (Å²) in [5.74, 6) is 0. The molecule has 3 rings (SSSR count). The Morgan fingerprint density at radius 1 is 1.46 bits per heavy atom. The fourth-order valence-electron chi connectivity index (χ4n) is 2.96. The van der Waals surface area contributed by atoms with Gasteiger partial charge < -0.3 is 14.7 Å². The molecule has 1 saturated heterocycles. The van der Waals surface area contributed by atoms with Crippen LogP contribution >= 0.6 is 15.9 Å². The van der Waals surface area contributed by atoms with Crippen molar-refractivity contribution < 1.29 is 14.6 Å². The molecule has 7 nitrogen and oxygen atoms in total. The van der Waals surface area contributed by atoms with E-state index in [4.69, 9.17) is 4.74 Å². The van der Waals surface area contributed by atoms with Gasteiger partial charge in [0.1, 0.15) is 16.9 Å². The van der Waals surface area contributed by atoms with Crippen LogP contribution in [0.15, 0.2) is 23.3 Å². The number of ether oxygens (including phenoxy) is 1. The van der Waals surface area contributed by atoms with Crippen LogP contribution in [0.4, 0.5) is 4.79 Å². The fourth-order valence-corrected chi connectivity index (χ4v) is 3.44. The molecule has 0 spiro atoms. The molecule has 2 aromatic heterocycles. The molecule has 2 aromatic rings. The van der Waals surface area contributed by atoms with E-state index in [0.717, 1.165) is 5.52 Å². The Labute approximate surface area is 148 Å². The highest BCUT2D eigenvalue weighted by Crippen LogP contribution is 2.35. The van der Waals surface area contributed by atoms with Gasteiger partial charge in [0.15, 0.2) is 4.73 Å². The van der Waals surface area contributed by atoms with Gasteiger partial charge in [0, 0.05) is 18.9 Å². The summed E-state index contributed by atoms with van der Waals surface area (Å²) in [6.07, 6.45) is 5.88. The monoisotopic (exact) mass is 396 g/mol. The zero-order valence-corrected chi connectivity index (χ0v) is 15.6. The van der Waals surface area contributed by atoms with E-state index < -0.39 is 17.3 Å². The number of imidazole rings is 1. The van der Waals surface area contributed by atoms with E-state index >= 15 is 0 Å². The molecule has 1 aliphatic rings. The van der Waals surface area contributed by atoms with Gasteiger partial charge in [-0.2, -0.15) is 0 Å². The highest BCUT2D eigenvalue weighted by molar-refractivity contribution is 9.10. The lowest BCUT2D eigenvalue weighted by Gasteiger charge is -2.38. The number of hydrogen-bond donors (Lipinski definition) is 1. The summed E-state index contributed by atoms with van der Waals surface area (Å²) < 4.78 is 7.84. The minimum absolute atomic E-state index is 0.149. The third kappa shape index (κ3) is 3.25. The summed E-state index contributed by atoms with van der Waals surface area (Å²) >= 11 is 3.40. The predicted octanol–water partition coefficient (Wildman–Crippen LogP) is 2.71. The van der Waals surface area contributed by atoms with Crippen LogP contribution < -0.4 is 0 Å². The summed E-state index contributed by atoms with van der Waals surface area (Å²) in [5, 5.41) is 11.2. The van der Waals surface area contributed by atoms with Crippen LogP contribution in [0.5, 0.6) is 0 Å². The van der Waals surface area contributed by atoms with Crippen LogP contribution in [0.1, 0.15) is 39.3 Å². The minimum Gasteiger partial charge on any atom is -0.444 e. The summed E-state index contributed by atoms with van der Waals surface area (Å²) in [5.41, 5.74) is -0.551. The van der Waals surface area contributed by atoms with Gasteiger partial charge in [-0.3, -0.25) is 9.38 Å². The fraction of sp³-hybridized carbons (Fsp3) is 0.562. The summed E-state index contributed by atoms with van der Waals surface area (Å²) in [4.78, 5) is 22.5. The number of carbonyl (C=O) groups excluding carboxylic acids is 1. The van der Waals surface area contributed by atoms with Gasteiger partial charge in [0.25, 0.3) is 0 Å². The Morgan fingerprint density at radius 3 is 2.92 bits per heavy atom. The third-order valence-corrected chi connectivity index (χ3v) is 4.53. The second-order valence-corrected chi connectivity index (χ2v) is 7.81. The van der Waals surface area contributed by atoms with Crippen molar-refractivity contribution >= 4 is 27.5 Å². The molecule has 1 aliphatic heterocycles. The molecular weight excluding hydrogens is 376 g/mol. The van der Waals surface area contributed by atoms with Crippen molar-refractivity contribution in [2.75, 3.05) is 13.1 Å². The Hall–Kier alpha value is -1.67.